The molecule has 2 aromatic heterocycles. The quantitative estimate of drug-likeness (QED) is 0.502. The van der Waals surface area contributed by atoms with E-state index in [1.165, 1.54) is 12.1 Å². The summed E-state index contributed by atoms with van der Waals surface area (Å²) in [5.74, 6) is -0.293. The maximum absolute atomic E-state index is 13.1. The zero-order valence-electron chi connectivity index (χ0n) is 18.2. The fourth-order valence-corrected chi connectivity index (χ4v) is 4.96. The summed E-state index contributed by atoms with van der Waals surface area (Å²) in [4.78, 5) is 26.2. The minimum Gasteiger partial charge on any atom is -0.293 e. The molecule has 3 unspecified atom stereocenters. The van der Waals surface area contributed by atoms with Crippen LogP contribution in [0.15, 0.2) is 60.4 Å². The molecule has 8 heteroatoms. The Hall–Kier alpha value is -3.86. The number of pyridine rings is 1. The third-order valence-electron chi connectivity index (χ3n) is 6.76. The molecule has 0 spiro atoms. The van der Waals surface area contributed by atoms with E-state index in [2.05, 4.69) is 4.98 Å². The van der Waals surface area contributed by atoms with Gasteiger partial charge in [-0.2, -0.15) is 18.4 Å². The number of nitrogens with zero attached hydrogens (tertiary/aromatic N) is 4. The van der Waals surface area contributed by atoms with Crippen molar-refractivity contribution in [1.29, 1.82) is 5.26 Å². The standard InChI is InChI=1S/C26H19F3N4O/c1-14-19-6-7-20-22(15-2-4-18(5-3-15)26(27,28)29)32-25(16-8-10-31-11-9-16)33-23(20)21(19)12-17(13-30)24(14)34/h2-5,8-12,14,19,21H,6-7H2,1H3. The molecular weight excluding hydrogens is 441 g/mol. The van der Waals surface area contributed by atoms with E-state index in [1.807, 2.05) is 13.0 Å². The number of allylic oxidation sites excluding steroid dienone is 2. The van der Waals surface area contributed by atoms with Gasteiger partial charge in [0.25, 0.3) is 0 Å². The van der Waals surface area contributed by atoms with Crippen LogP contribution in [-0.2, 0) is 17.4 Å². The number of alkyl halides is 3. The summed E-state index contributed by atoms with van der Waals surface area (Å²) in [5.41, 5.74) is 2.81. The first kappa shape index (κ1) is 22.0. The van der Waals surface area contributed by atoms with Gasteiger partial charge in [0.2, 0.25) is 0 Å². The number of fused-ring (bicyclic) bond motifs is 3. The van der Waals surface area contributed by atoms with Crippen LogP contribution in [0, 0.1) is 23.2 Å². The average molecular weight is 460 g/mol. The van der Waals surface area contributed by atoms with E-state index in [9.17, 15) is 23.2 Å². The predicted octanol–water partition coefficient (Wildman–Crippen LogP) is 5.54. The summed E-state index contributed by atoms with van der Waals surface area (Å²) in [7, 11) is 0. The number of carbonyl (C=O) groups is 1. The number of hydrogen-bond donors (Lipinski definition) is 0. The lowest BCUT2D eigenvalue weighted by Gasteiger charge is -2.38. The van der Waals surface area contributed by atoms with Gasteiger partial charge in [-0.25, -0.2) is 9.97 Å². The highest BCUT2D eigenvalue weighted by Gasteiger charge is 2.42. The van der Waals surface area contributed by atoms with Crippen LogP contribution >= 0.6 is 0 Å². The summed E-state index contributed by atoms with van der Waals surface area (Å²) in [6, 6.07) is 10.5. The molecule has 0 bridgehead atoms. The number of benzene rings is 1. The van der Waals surface area contributed by atoms with Crippen molar-refractivity contribution < 1.29 is 18.0 Å². The molecule has 0 saturated carbocycles. The summed E-state index contributed by atoms with van der Waals surface area (Å²) in [5, 5.41) is 9.50. The van der Waals surface area contributed by atoms with E-state index < -0.39 is 11.7 Å². The third-order valence-corrected chi connectivity index (χ3v) is 6.76. The molecule has 0 amide bonds. The zero-order valence-corrected chi connectivity index (χ0v) is 18.2. The van der Waals surface area contributed by atoms with Crippen molar-refractivity contribution in [3.63, 3.8) is 0 Å². The van der Waals surface area contributed by atoms with Crippen LogP contribution in [0.2, 0.25) is 0 Å². The van der Waals surface area contributed by atoms with Crippen LogP contribution in [-0.4, -0.2) is 20.7 Å². The van der Waals surface area contributed by atoms with E-state index in [0.29, 0.717) is 29.9 Å². The van der Waals surface area contributed by atoms with Crippen molar-refractivity contribution in [2.45, 2.75) is 31.9 Å². The minimum atomic E-state index is -4.43. The topological polar surface area (TPSA) is 79.5 Å². The Balaban J connectivity index is 1.72. The number of carbonyl (C=O) groups excluding carboxylic acids is 1. The second-order valence-electron chi connectivity index (χ2n) is 8.64. The molecule has 0 radical (unpaired) electrons. The number of hydrogen-bond acceptors (Lipinski definition) is 5. The Morgan fingerprint density at radius 2 is 1.74 bits per heavy atom. The van der Waals surface area contributed by atoms with Gasteiger partial charge in [-0.15, -0.1) is 0 Å². The molecule has 1 aromatic carbocycles. The van der Waals surface area contributed by atoms with Crippen molar-refractivity contribution in [2.24, 2.45) is 11.8 Å². The monoisotopic (exact) mass is 460 g/mol. The molecule has 2 heterocycles. The maximum atomic E-state index is 13.1. The van der Waals surface area contributed by atoms with Crippen molar-refractivity contribution in [3.8, 4) is 28.7 Å². The molecule has 2 aliphatic carbocycles. The van der Waals surface area contributed by atoms with Crippen LogP contribution in [0.5, 0.6) is 0 Å². The number of rotatable bonds is 2. The largest absolute Gasteiger partial charge is 0.416 e. The SMILES string of the molecule is CC1C(=O)C(C#N)=CC2c3nc(-c4ccncc4)nc(-c4ccc(C(F)(F)F)cc4)c3CCC12. The molecule has 0 N–H and O–H groups in total. The van der Waals surface area contributed by atoms with Crippen molar-refractivity contribution in [2.75, 3.05) is 0 Å². The van der Waals surface area contributed by atoms with E-state index in [4.69, 9.17) is 9.97 Å². The third kappa shape index (κ3) is 3.67. The molecule has 0 saturated heterocycles. The lowest BCUT2D eigenvalue weighted by molar-refractivity contribution is -0.137. The highest BCUT2D eigenvalue weighted by Crippen LogP contribution is 2.47. The number of halogens is 3. The van der Waals surface area contributed by atoms with Gasteiger partial charge in [-0.3, -0.25) is 9.78 Å². The number of Topliss-reactive ketones (excluding diaryl/α,β-unsaturated/α-hetero) is 1. The fourth-order valence-electron chi connectivity index (χ4n) is 4.96. The van der Waals surface area contributed by atoms with Gasteiger partial charge in [0.15, 0.2) is 11.6 Å². The van der Waals surface area contributed by atoms with Crippen molar-refractivity contribution >= 4 is 5.78 Å². The van der Waals surface area contributed by atoms with Gasteiger partial charge < -0.3 is 0 Å². The van der Waals surface area contributed by atoms with E-state index in [1.54, 1.807) is 30.6 Å². The van der Waals surface area contributed by atoms with Crippen LogP contribution in [0.25, 0.3) is 22.6 Å². The van der Waals surface area contributed by atoms with Gasteiger partial charge in [-0.1, -0.05) is 25.1 Å². The normalized spacial score (nSPS) is 21.8. The Morgan fingerprint density at radius 1 is 1.03 bits per heavy atom. The maximum Gasteiger partial charge on any atom is 0.416 e. The number of ketones is 1. The summed E-state index contributed by atoms with van der Waals surface area (Å²) >= 11 is 0. The van der Waals surface area contributed by atoms with Crippen molar-refractivity contribution in [3.05, 3.63) is 77.3 Å². The molecule has 34 heavy (non-hydrogen) atoms. The second-order valence-corrected chi connectivity index (χ2v) is 8.64. The molecule has 0 aliphatic heterocycles. The predicted molar refractivity (Wildman–Crippen MR) is 118 cm³/mol. The van der Waals surface area contributed by atoms with E-state index >= 15 is 0 Å². The smallest absolute Gasteiger partial charge is 0.293 e. The lowest BCUT2D eigenvalue weighted by Crippen LogP contribution is -2.35. The van der Waals surface area contributed by atoms with E-state index in [0.717, 1.165) is 29.0 Å². The molecule has 5 nitrogen and oxygen atoms in total. The Labute approximate surface area is 194 Å². The molecule has 2 aliphatic rings. The van der Waals surface area contributed by atoms with Gasteiger partial charge in [-0.05, 0) is 43.0 Å². The second kappa shape index (κ2) is 8.17. The molecule has 3 aromatic rings. The summed E-state index contributed by atoms with van der Waals surface area (Å²) in [6.45, 7) is 1.84. The highest BCUT2D eigenvalue weighted by molar-refractivity contribution is 6.01. The molecule has 5 rings (SSSR count). The Kier molecular flexibility index (Phi) is 5.28. The molecule has 170 valence electrons. The molecular formula is C26H19F3N4O. The first-order chi connectivity index (χ1) is 16.3. The number of nitriles is 1. The van der Waals surface area contributed by atoms with Gasteiger partial charge >= 0.3 is 6.18 Å². The molecule has 0 fully saturated rings. The van der Waals surface area contributed by atoms with Crippen molar-refractivity contribution in [1.82, 2.24) is 15.0 Å². The average Bonchev–Trinajstić information content (AvgIpc) is 2.85. The van der Waals surface area contributed by atoms with Gasteiger partial charge in [0.1, 0.15) is 6.07 Å². The summed E-state index contributed by atoms with van der Waals surface area (Å²) in [6.07, 6.45) is 1.80. The fraction of sp³-hybridized carbons (Fsp3) is 0.269. The minimum absolute atomic E-state index is 0.00209. The zero-order chi connectivity index (χ0) is 24.0. The van der Waals surface area contributed by atoms with Crippen LogP contribution < -0.4 is 0 Å². The van der Waals surface area contributed by atoms with Crippen LogP contribution in [0.4, 0.5) is 13.2 Å². The van der Waals surface area contributed by atoms with E-state index in [-0.39, 0.29) is 29.1 Å². The Morgan fingerprint density at radius 3 is 2.38 bits per heavy atom. The van der Waals surface area contributed by atoms with Crippen LogP contribution in [0.3, 0.4) is 0 Å². The highest BCUT2D eigenvalue weighted by atomic mass is 19.4. The Bertz CT molecular complexity index is 1340. The van der Waals surface area contributed by atoms with Crippen LogP contribution in [0.1, 0.15) is 36.1 Å². The lowest BCUT2D eigenvalue weighted by atomic mass is 9.66. The van der Waals surface area contributed by atoms with Gasteiger partial charge in [0.05, 0.1) is 22.5 Å². The number of aromatic nitrogens is 3. The first-order valence-corrected chi connectivity index (χ1v) is 10.9. The van der Waals surface area contributed by atoms with Gasteiger partial charge in [0, 0.05) is 40.9 Å². The first-order valence-electron chi connectivity index (χ1n) is 10.9. The molecule has 3 atom stereocenters. The summed E-state index contributed by atoms with van der Waals surface area (Å²) < 4.78 is 39.3.